The predicted octanol–water partition coefficient (Wildman–Crippen LogP) is -0.947. The summed E-state index contributed by atoms with van der Waals surface area (Å²) in [5.41, 5.74) is 5.45. The number of amides is 1. The zero-order chi connectivity index (χ0) is 9.26. The summed E-state index contributed by atoms with van der Waals surface area (Å²) in [7, 11) is 0. The largest absolute Gasteiger partial charge is 0.337 e. The first-order valence-corrected chi connectivity index (χ1v) is 4.27. The monoisotopic (exact) mass is 180 g/mol. The summed E-state index contributed by atoms with van der Waals surface area (Å²) in [5, 5.41) is 0. The van der Waals surface area contributed by atoms with Crippen molar-refractivity contribution in [3.05, 3.63) is 18.7 Å². The Morgan fingerprint density at radius 1 is 1.62 bits per heavy atom. The molecule has 0 spiro atoms. The molecular weight excluding hydrogens is 168 g/mol. The number of nitrogens with zero attached hydrogens (tertiary/aromatic N) is 3. The Hall–Kier alpha value is -1.36. The van der Waals surface area contributed by atoms with Crippen molar-refractivity contribution in [3.8, 4) is 0 Å². The number of nitrogens with two attached hydrogens (primary N) is 1. The Kier molecular flexibility index (Phi) is 2.02. The van der Waals surface area contributed by atoms with Crippen LogP contribution in [0.5, 0.6) is 0 Å². The second-order valence-electron chi connectivity index (χ2n) is 3.19. The highest BCUT2D eigenvalue weighted by Crippen LogP contribution is 2.07. The van der Waals surface area contributed by atoms with Crippen molar-refractivity contribution in [1.82, 2.24) is 14.5 Å². The Morgan fingerprint density at radius 2 is 2.46 bits per heavy atom. The van der Waals surface area contributed by atoms with E-state index >= 15 is 0 Å². The van der Waals surface area contributed by atoms with E-state index in [0.29, 0.717) is 6.54 Å². The quantitative estimate of drug-likeness (QED) is 0.610. The molecule has 0 radical (unpaired) electrons. The van der Waals surface area contributed by atoms with Crippen LogP contribution in [0.15, 0.2) is 18.7 Å². The number of β-lactam (4-membered cyclic amide) rings is 1. The SMILES string of the molecule is NC1CN(CCn2ccnc2)C1=O. The lowest BCUT2D eigenvalue weighted by Crippen LogP contribution is -2.61. The van der Waals surface area contributed by atoms with Crippen molar-refractivity contribution < 1.29 is 4.79 Å². The van der Waals surface area contributed by atoms with Gasteiger partial charge in [-0.15, -0.1) is 0 Å². The van der Waals surface area contributed by atoms with Crippen LogP contribution in [0.3, 0.4) is 0 Å². The van der Waals surface area contributed by atoms with Gasteiger partial charge in [0.2, 0.25) is 5.91 Å². The molecule has 1 saturated heterocycles. The van der Waals surface area contributed by atoms with E-state index in [1.54, 1.807) is 17.4 Å². The van der Waals surface area contributed by atoms with Crippen molar-refractivity contribution >= 4 is 5.91 Å². The fraction of sp³-hybridized carbons (Fsp3) is 0.500. The lowest BCUT2D eigenvalue weighted by atomic mass is 10.1. The Balaban J connectivity index is 1.78. The second-order valence-corrected chi connectivity index (χ2v) is 3.19. The third-order valence-corrected chi connectivity index (χ3v) is 2.23. The van der Waals surface area contributed by atoms with Crippen LogP contribution < -0.4 is 5.73 Å². The number of rotatable bonds is 3. The van der Waals surface area contributed by atoms with Crippen molar-refractivity contribution in [3.63, 3.8) is 0 Å². The van der Waals surface area contributed by atoms with Crippen LogP contribution in [0.2, 0.25) is 0 Å². The third kappa shape index (κ3) is 1.55. The number of carbonyl (C=O) groups is 1. The molecule has 1 aromatic rings. The summed E-state index contributed by atoms with van der Waals surface area (Å²) in [4.78, 5) is 16.8. The van der Waals surface area contributed by atoms with Gasteiger partial charge in [0.25, 0.3) is 0 Å². The van der Waals surface area contributed by atoms with Crippen LogP contribution in [0.4, 0.5) is 0 Å². The van der Waals surface area contributed by atoms with Gasteiger partial charge in [-0.1, -0.05) is 0 Å². The van der Waals surface area contributed by atoms with Gasteiger partial charge < -0.3 is 15.2 Å². The first kappa shape index (κ1) is 8.25. The molecule has 1 aromatic heterocycles. The molecule has 2 heterocycles. The Bertz CT molecular complexity index is 295. The van der Waals surface area contributed by atoms with E-state index in [9.17, 15) is 4.79 Å². The summed E-state index contributed by atoms with van der Waals surface area (Å²) >= 11 is 0. The molecular formula is C8H12N4O. The lowest BCUT2D eigenvalue weighted by Gasteiger charge is -2.36. The van der Waals surface area contributed by atoms with Gasteiger partial charge in [-0.25, -0.2) is 4.98 Å². The molecule has 5 nitrogen and oxygen atoms in total. The van der Waals surface area contributed by atoms with Gasteiger partial charge in [-0.2, -0.15) is 0 Å². The molecule has 1 unspecified atom stereocenters. The highest BCUT2D eigenvalue weighted by atomic mass is 16.2. The van der Waals surface area contributed by atoms with Gasteiger partial charge >= 0.3 is 0 Å². The Labute approximate surface area is 76.2 Å². The minimum atomic E-state index is -0.261. The number of likely N-dealkylation sites (tertiary alicyclic amines) is 1. The molecule has 0 bridgehead atoms. The molecule has 13 heavy (non-hydrogen) atoms. The minimum Gasteiger partial charge on any atom is -0.337 e. The second kappa shape index (κ2) is 3.18. The lowest BCUT2D eigenvalue weighted by molar-refractivity contribution is -0.142. The molecule has 0 saturated carbocycles. The highest BCUT2D eigenvalue weighted by Gasteiger charge is 2.32. The molecule has 1 fully saturated rings. The topological polar surface area (TPSA) is 64.2 Å². The van der Waals surface area contributed by atoms with Gasteiger partial charge in [-0.05, 0) is 0 Å². The van der Waals surface area contributed by atoms with Crippen molar-refractivity contribution in [2.24, 2.45) is 5.73 Å². The van der Waals surface area contributed by atoms with Crippen molar-refractivity contribution in [2.75, 3.05) is 13.1 Å². The smallest absolute Gasteiger partial charge is 0.241 e. The van der Waals surface area contributed by atoms with Crippen LogP contribution in [0, 0.1) is 0 Å². The highest BCUT2D eigenvalue weighted by molar-refractivity contribution is 5.87. The van der Waals surface area contributed by atoms with Crippen molar-refractivity contribution in [2.45, 2.75) is 12.6 Å². The first-order valence-electron chi connectivity index (χ1n) is 4.27. The molecule has 1 atom stereocenters. The van der Waals surface area contributed by atoms with Gasteiger partial charge in [0, 0.05) is 32.0 Å². The maximum atomic E-state index is 11.1. The first-order chi connectivity index (χ1) is 6.27. The summed E-state index contributed by atoms with van der Waals surface area (Å²) in [6.07, 6.45) is 5.35. The minimum absolute atomic E-state index is 0.0557. The normalized spacial score (nSPS) is 21.8. The van der Waals surface area contributed by atoms with Crippen LogP contribution >= 0.6 is 0 Å². The number of hydrogen-bond acceptors (Lipinski definition) is 3. The Morgan fingerprint density at radius 3 is 3.00 bits per heavy atom. The summed E-state index contributed by atoms with van der Waals surface area (Å²) < 4.78 is 1.94. The van der Waals surface area contributed by atoms with Crippen molar-refractivity contribution in [1.29, 1.82) is 0 Å². The number of hydrogen-bond donors (Lipinski definition) is 1. The van der Waals surface area contributed by atoms with Gasteiger partial charge in [0.15, 0.2) is 0 Å². The maximum Gasteiger partial charge on any atom is 0.241 e. The molecule has 0 aromatic carbocycles. The van der Waals surface area contributed by atoms with Gasteiger partial charge in [-0.3, -0.25) is 4.79 Å². The van der Waals surface area contributed by atoms with E-state index in [0.717, 1.165) is 13.1 Å². The summed E-state index contributed by atoms with van der Waals surface area (Å²) in [5.74, 6) is 0.0557. The third-order valence-electron chi connectivity index (χ3n) is 2.23. The van der Waals surface area contributed by atoms with E-state index in [-0.39, 0.29) is 11.9 Å². The molecule has 1 aliphatic heterocycles. The van der Waals surface area contributed by atoms with E-state index in [1.807, 2.05) is 10.8 Å². The number of carbonyl (C=O) groups excluding carboxylic acids is 1. The van der Waals surface area contributed by atoms with E-state index < -0.39 is 0 Å². The predicted molar refractivity (Wildman–Crippen MR) is 46.8 cm³/mol. The van der Waals surface area contributed by atoms with E-state index in [2.05, 4.69) is 4.98 Å². The molecule has 0 aliphatic carbocycles. The molecule has 1 aliphatic rings. The molecule has 5 heteroatoms. The van der Waals surface area contributed by atoms with Gasteiger partial charge in [0.1, 0.15) is 6.04 Å². The summed E-state index contributed by atoms with van der Waals surface area (Å²) in [6, 6.07) is -0.261. The van der Waals surface area contributed by atoms with Crippen LogP contribution in [-0.2, 0) is 11.3 Å². The maximum absolute atomic E-state index is 11.1. The fourth-order valence-corrected chi connectivity index (χ4v) is 1.38. The van der Waals surface area contributed by atoms with Gasteiger partial charge in [0.05, 0.1) is 6.33 Å². The average molecular weight is 180 g/mol. The van der Waals surface area contributed by atoms with E-state index in [1.165, 1.54) is 0 Å². The zero-order valence-corrected chi connectivity index (χ0v) is 7.26. The molecule has 2 rings (SSSR count). The van der Waals surface area contributed by atoms with Crippen LogP contribution in [-0.4, -0.2) is 39.5 Å². The molecule has 2 N–H and O–H groups in total. The van der Waals surface area contributed by atoms with Crippen LogP contribution in [0.25, 0.3) is 0 Å². The van der Waals surface area contributed by atoms with Crippen LogP contribution in [0.1, 0.15) is 0 Å². The zero-order valence-electron chi connectivity index (χ0n) is 7.26. The fourth-order valence-electron chi connectivity index (χ4n) is 1.38. The average Bonchev–Trinajstić information content (AvgIpc) is 2.64. The van der Waals surface area contributed by atoms with E-state index in [4.69, 9.17) is 5.73 Å². The molecule has 70 valence electrons. The summed E-state index contributed by atoms with van der Waals surface area (Å²) in [6.45, 7) is 2.20. The number of aromatic nitrogens is 2. The standard InChI is InChI=1S/C8H12N4O/c9-7-5-12(8(7)13)4-3-11-2-1-10-6-11/h1-2,6-7H,3-5,9H2. The molecule has 1 amide bonds. The number of imidazole rings is 1.